The number of aromatic nitrogens is 2. The Kier molecular flexibility index (Phi) is 4.55. The largest absolute Gasteiger partial charge is 0.355 e. The zero-order valence-corrected chi connectivity index (χ0v) is 16.6. The summed E-state index contributed by atoms with van der Waals surface area (Å²) in [6, 6.07) is 17.2. The van der Waals surface area contributed by atoms with E-state index in [2.05, 4.69) is 69.6 Å². The zero-order valence-electron chi connectivity index (χ0n) is 16.6. The van der Waals surface area contributed by atoms with Crippen LogP contribution in [0.25, 0.3) is 10.9 Å². The molecule has 2 aromatic carbocycles. The number of nitriles is 1. The number of piperidine rings is 1. The third kappa shape index (κ3) is 3.51. The summed E-state index contributed by atoms with van der Waals surface area (Å²) in [4.78, 5) is 13.4. The number of benzene rings is 2. The Labute approximate surface area is 171 Å². The van der Waals surface area contributed by atoms with Gasteiger partial charge in [0.05, 0.1) is 5.52 Å². The Morgan fingerprint density at radius 3 is 2.45 bits per heavy atom. The van der Waals surface area contributed by atoms with Gasteiger partial charge >= 0.3 is 0 Å². The molecule has 5 heteroatoms. The van der Waals surface area contributed by atoms with Crippen LogP contribution >= 0.6 is 0 Å². The van der Waals surface area contributed by atoms with Crippen molar-refractivity contribution in [3.8, 4) is 6.19 Å². The van der Waals surface area contributed by atoms with E-state index in [9.17, 15) is 0 Å². The first-order chi connectivity index (χ1) is 14.2. The first-order valence-electron chi connectivity index (χ1n) is 10.4. The number of aryl methyl sites for hydroxylation is 2. The van der Waals surface area contributed by atoms with E-state index in [0.29, 0.717) is 5.41 Å². The molecule has 5 nitrogen and oxygen atoms in total. The molecule has 2 saturated heterocycles. The maximum atomic E-state index is 9.09. The van der Waals surface area contributed by atoms with Crippen LogP contribution in [0, 0.1) is 16.9 Å². The highest BCUT2D eigenvalue weighted by Crippen LogP contribution is 2.43. The predicted molar refractivity (Wildman–Crippen MR) is 114 cm³/mol. The summed E-state index contributed by atoms with van der Waals surface area (Å²) in [5.41, 5.74) is 4.06. The lowest BCUT2D eigenvalue weighted by molar-refractivity contribution is 0.104. The number of likely N-dealkylation sites (tertiary alicyclic amines) is 1. The average molecular weight is 383 g/mol. The van der Waals surface area contributed by atoms with Crippen LogP contribution in [0.3, 0.4) is 0 Å². The molecule has 1 aromatic heterocycles. The number of hydrogen-bond donors (Lipinski definition) is 0. The predicted octanol–water partition coefficient (Wildman–Crippen LogP) is 3.80. The zero-order chi connectivity index (χ0) is 19.7. The topological polar surface area (TPSA) is 56.1 Å². The van der Waals surface area contributed by atoms with Crippen molar-refractivity contribution in [2.75, 3.05) is 31.1 Å². The molecule has 1 spiro atoms. The van der Waals surface area contributed by atoms with E-state index in [0.717, 1.165) is 68.6 Å². The van der Waals surface area contributed by atoms with E-state index in [1.54, 1.807) is 6.33 Å². The highest BCUT2D eigenvalue weighted by atomic mass is 15.3. The number of rotatable bonds is 4. The Balaban J connectivity index is 1.33. The second kappa shape index (κ2) is 7.36. The van der Waals surface area contributed by atoms with Crippen LogP contribution in [0.15, 0.2) is 54.9 Å². The van der Waals surface area contributed by atoms with Crippen LogP contribution in [-0.2, 0) is 12.8 Å². The molecule has 29 heavy (non-hydrogen) atoms. The fraction of sp³-hybridized carbons (Fsp3) is 0.375. The second-order valence-electron chi connectivity index (χ2n) is 8.48. The minimum atomic E-state index is 0.357. The summed E-state index contributed by atoms with van der Waals surface area (Å²) in [6.45, 7) is 3.84. The molecule has 0 atom stereocenters. The molecular weight excluding hydrogens is 358 g/mol. The van der Waals surface area contributed by atoms with Gasteiger partial charge in [-0.1, -0.05) is 36.4 Å². The minimum absolute atomic E-state index is 0.357. The molecule has 2 aliphatic rings. The highest BCUT2D eigenvalue weighted by molar-refractivity contribution is 5.90. The van der Waals surface area contributed by atoms with Crippen LogP contribution in [0.4, 0.5) is 5.82 Å². The van der Waals surface area contributed by atoms with Gasteiger partial charge in [-0.05, 0) is 48.9 Å². The molecule has 0 radical (unpaired) electrons. The molecule has 5 rings (SSSR count). The van der Waals surface area contributed by atoms with E-state index in [1.165, 1.54) is 11.1 Å². The number of nitrogens with zero attached hydrogens (tertiary/aromatic N) is 5. The molecule has 3 aromatic rings. The molecule has 0 amide bonds. The maximum absolute atomic E-state index is 9.09. The van der Waals surface area contributed by atoms with Gasteiger partial charge in [0.2, 0.25) is 0 Å². The lowest BCUT2D eigenvalue weighted by Gasteiger charge is -2.54. The molecule has 146 valence electrons. The molecular formula is C24H25N5. The SMILES string of the molecule is N#CN1CCC2(CC1)CN(c1ncnc3ccc(CCc4ccccc4)cc13)C2. The van der Waals surface area contributed by atoms with Gasteiger partial charge in [0.15, 0.2) is 6.19 Å². The van der Waals surface area contributed by atoms with E-state index < -0.39 is 0 Å². The first kappa shape index (κ1) is 17.9. The summed E-state index contributed by atoms with van der Waals surface area (Å²) in [5.74, 6) is 1.06. The molecule has 0 aliphatic carbocycles. The third-order valence-electron chi connectivity index (χ3n) is 6.54. The van der Waals surface area contributed by atoms with Gasteiger partial charge in [0.25, 0.3) is 0 Å². The Morgan fingerprint density at radius 1 is 0.931 bits per heavy atom. The van der Waals surface area contributed by atoms with Crippen LogP contribution in [0.5, 0.6) is 0 Å². The Morgan fingerprint density at radius 2 is 1.69 bits per heavy atom. The quantitative estimate of drug-likeness (QED) is 0.642. The van der Waals surface area contributed by atoms with Gasteiger partial charge in [-0.15, -0.1) is 0 Å². The molecule has 2 aliphatic heterocycles. The normalized spacial score (nSPS) is 17.9. The average Bonchev–Trinajstić information content (AvgIpc) is 2.76. The highest BCUT2D eigenvalue weighted by Gasteiger charge is 2.45. The van der Waals surface area contributed by atoms with Gasteiger partial charge in [0, 0.05) is 37.0 Å². The van der Waals surface area contributed by atoms with Crippen molar-refractivity contribution in [3.63, 3.8) is 0 Å². The van der Waals surface area contributed by atoms with Crippen LogP contribution in [0.1, 0.15) is 24.0 Å². The van der Waals surface area contributed by atoms with Crippen molar-refractivity contribution in [1.82, 2.24) is 14.9 Å². The first-order valence-corrected chi connectivity index (χ1v) is 10.4. The van der Waals surface area contributed by atoms with Gasteiger partial charge < -0.3 is 9.80 Å². The van der Waals surface area contributed by atoms with Crippen LogP contribution in [-0.4, -0.2) is 41.0 Å². The second-order valence-corrected chi connectivity index (χ2v) is 8.48. The molecule has 0 N–H and O–H groups in total. The van der Waals surface area contributed by atoms with Crippen molar-refractivity contribution in [3.05, 3.63) is 66.0 Å². The Hall–Kier alpha value is -3.13. The van der Waals surface area contributed by atoms with Crippen LogP contribution in [0.2, 0.25) is 0 Å². The van der Waals surface area contributed by atoms with E-state index >= 15 is 0 Å². The molecule has 3 heterocycles. The van der Waals surface area contributed by atoms with Gasteiger partial charge in [-0.3, -0.25) is 0 Å². The number of hydrogen-bond acceptors (Lipinski definition) is 5. The lowest BCUT2D eigenvalue weighted by atomic mass is 9.72. The van der Waals surface area contributed by atoms with Crippen LogP contribution < -0.4 is 4.90 Å². The summed E-state index contributed by atoms with van der Waals surface area (Å²) in [7, 11) is 0. The monoisotopic (exact) mass is 383 g/mol. The fourth-order valence-electron chi connectivity index (χ4n) is 4.74. The van der Waals surface area contributed by atoms with E-state index in [4.69, 9.17) is 5.26 Å². The van der Waals surface area contributed by atoms with Crippen molar-refractivity contribution in [1.29, 1.82) is 5.26 Å². The summed E-state index contributed by atoms with van der Waals surface area (Å²) < 4.78 is 0. The van der Waals surface area contributed by atoms with Gasteiger partial charge in [0.1, 0.15) is 12.1 Å². The maximum Gasteiger partial charge on any atom is 0.179 e. The molecule has 0 bridgehead atoms. The standard InChI is InChI=1S/C24H25N5/c25-17-28-12-10-24(11-13-28)15-29(16-24)23-21-14-20(8-9-22(21)26-18-27-23)7-6-19-4-2-1-3-5-19/h1-5,8-9,14,18H,6-7,10-13,15-16H2. The third-order valence-corrected chi connectivity index (χ3v) is 6.54. The summed E-state index contributed by atoms with van der Waals surface area (Å²) in [5, 5.41) is 10.2. The minimum Gasteiger partial charge on any atom is -0.355 e. The number of anilines is 1. The smallest absolute Gasteiger partial charge is 0.179 e. The summed E-state index contributed by atoms with van der Waals surface area (Å²) in [6.07, 6.45) is 8.23. The summed E-state index contributed by atoms with van der Waals surface area (Å²) >= 11 is 0. The molecule has 0 unspecified atom stereocenters. The van der Waals surface area contributed by atoms with Gasteiger partial charge in [-0.25, -0.2) is 9.97 Å². The van der Waals surface area contributed by atoms with E-state index in [1.807, 2.05) is 4.90 Å². The Bertz CT molecular complexity index is 1040. The van der Waals surface area contributed by atoms with Crippen molar-refractivity contribution in [2.45, 2.75) is 25.7 Å². The van der Waals surface area contributed by atoms with Crippen molar-refractivity contribution >= 4 is 16.7 Å². The van der Waals surface area contributed by atoms with Crippen molar-refractivity contribution in [2.24, 2.45) is 5.41 Å². The number of fused-ring (bicyclic) bond motifs is 1. The van der Waals surface area contributed by atoms with Gasteiger partial charge in [-0.2, -0.15) is 5.26 Å². The van der Waals surface area contributed by atoms with E-state index in [-0.39, 0.29) is 0 Å². The fourth-order valence-corrected chi connectivity index (χ4v) is 4.74. The van der Waals surface area contributed by atoms with Crippen molar-refractivity contribution < 1.29 is 0 Å². The molecule has 0 saturated carbocycles. The molecule has 2 fully saturated rings. The lowest BCUT2D eigenvalue weighted by Crippen LogP contribution is -2.60.